The molecule has 78 valence electrons. The minimum Gasteiger partial charge on any atom is -0.469 e. The zero-order valence-electron chi connectivity index (χ0n) is 8.85. The molecule has 0 aliphatic rings. The normalized spacial score (nSPS) is 15.1. The minimum absolute atomic E-state index is 0.201. The van der Waals surface area contributed by atoms with E-state index in [2.05, 4.69) is 10.1 Å². The van der Waals surface area contributed by atoms with E-state index in [0.29, 0.717) is 13.0 Å². The molecule has 0 radical (unpaired) electrons. The molecule has 0 fully saturated rings. The van der Waals surface area contributed by atoms with Gasteiger partial charge in [-0.15, -0.1) is 0 Å². The third kappa shape index (κ3) is 4.85. The molecule has 0 bridgehead atoms. The summed E-state index contributed by atoms with van der Waals surface area (Å²) in [6.45, 7) is 2.61. The van der Waals surface area contributed by atoms with Crippen LogP contribution in [0, 0.1) is 0 Å². The SMILES string of the molecule is CNC(C)(CCOC)CC(=O)OC. The predicted molar refractivity (Wildman–Crippen MR) is 50.6 cm³/mol. The summed E-state index contributed by atoms with van der Waals surface area (Å²) in [6.07, 6.45) is 1.15. The van der Waals surface area contributed by atoms with Gasteiger partial charge < -0.3 is 14.8 Å². The van der Waals surface area contributed by atoms with Crippen LogP contribution < -0.4 is 5.32 Å². The Morgan fingerprint density at radius 1 is 1.46 bits per heavy atom. The molecule has 13 heavy (non-hydrogen) atoms. The molecule has 0 amide bonds. The van der Waals surface area contributed by atoms with Crippen molar-refractivity contribution in [3.05, 3.63) is 0 Å². The van der Waals surface area contributed by atoms with Crippen LogP contribution in [0.25, 0.3) is 0 Å². The quantitative estimate of drug-likeness (QED) is 0.620. The van der Waals surface area contributed by atoms with Gasteiger partial charge in [0, 0.05) is 19.3 Å². The highest BCUT2D eigenvalue weighted by Crippen LogP contribution is 2.14. The van der Waals surface area contributed by atoms with Crippen molar-refractivity contribution < 1.29 is 14.3 Å². The molecule has 4 nitrogen and oxygen atoms in total. The van der Waals surface area contributed by atoms with Crippen LogP contribution in [0.2, 0.25) is 0 Å². The largest absolute Gasteiger partial charge is 0.469 e. The fourth-order valence-electron chi connectivity index (χ4n) is 1.02. The number of hydrogen-bond acceptors (Lipinski definition) is 4. The van der Waals surface area contributed by atoms with Crippen molar-refractivity contribution in [2.24, 2.45) is 0 Å². The van der Waals surface area contributed by atoms with Crippen LogP contribution in [0.4, 0.5) is 0 Å². The highest BCUT2D eigenvalue weighted by Gasteiger charge is 2.25. The number of nitrogens with one attached hydrogen (secondary N) is 1. The summed E-state index contributed by atoms with van der Waals surface area (Å²) < 4.78 is 9.57. The van der Waals surface area contributed by atoms with Crippen molar-refractivity contribution in [3.8, 4) is 0 Å². The van der Waals surface area contributed by atoms with Gasteiger partial charge in [-0.05, 0) is 20.4 Å². The van der Waals surface area contributed by atoms with Crippen LogP contribution in [0.3, 0.4) is 0 Å². The summed E-state index contributed by atoms with van der Waals surface area (Å²) in [7, 11) is 4.88. The number of methoxy groups -OCH3 is 2. The predicted octanol–water partition coefficient (Wildman–Crippen LogP) is 0.564. The monoisotopic (exact) mass is 189 g/mol. The lowest BCUT2D eigenvalue weighted by Crippen LogP contribution is -2.43. The summed E-state index contributed by atoms with van der Waals surface area (Å²) in [5.41, 5.74) is -0.233. The maximum absolute atomic E-state index is 11.0. The smallest absolute Gasteiger partial charge is 0.307 e. The molecule has 0 spiro atoms. The molecule has 1 atom stereocenters. The van der Waals surface area contributed by atoms with Crippen molar-refractivity contribution in [3.63, 3.8) is 0 Å². The minimum atomic E-state index is -0.233. The van der Waals surface area contributed by atoms with Crippen molar-refractivity contribution in [1.82, 2.24) is 5.32 Å². The second kappa shape index (κ2) is 5.94. The maximum Gasteiger partial charge on any atom is 0.307 e. The zero-order chi connectivity index (χ0) is 10.3. The van der Waals surface area contributed by atoms with Crippen LogP contribution in [0.1, 0.15) is 19.8 Å². The van der Waals surface area contributed by atoms with E-state index in [1.165, 1.54) is 7.11 Å². The first-order valence-corrected chi connectivity index (χ1v) is 4.32. The van der Waals surface area contributed by atoms with E-state index in [4.69, 9.17) is 4.74 Å². The van der Waals surface area contributed by atoms with E-state index in [-0.39, 0.29) is 11.5 Å². The van der Waals surface area contributed by atoms with E-state index < -0.39 is 0 Å². The number of carbonyl (C=O) groups is 1. The van der Waals surface area contributed by atoms with E-state index in [1.807, 2.05) is 14.0 Å². The fourth-order valence-corrected chi connectivity index (χ4v) is 1.02. The van der Waals surface area contributed by atoms with Gasteiger partial charge in [0.1, 0.15) is 0 Å². The lowest BCUT2D eigenvalue weighted by molar-refractivity contribution is -0.142. The van der Waals surface area contributed by atoms with Crippen molar-refractivity contribution in [2.75, 3.05) is 27.9 Å². The van der Waals surface area contributed by atoms with Gasteiger partial charge in [0.2, 0.25) is 0 Å². The van der Waals surface area contributed by atoms with Crippen LogP contribution >= 0.6 is 0 Å². The van der Waals surface area contributed by atoms with Gasteiger partial charge in [0.15, 0.2) is 0 Å². The summed E-state index contributed by atoms with van der Waals surface area (Å²) in [4.78, 5) is 11.0. The standard InChI is InChI=1S/C9H19NO3/c1-9(10-2,5-6-12-3)7-8(11)13-4/h10H,5-7H2,1-4H3. The molecule has 0 saturated carbocycles. The highest BCUT2D eigenvalue weighted by molar-refractivity contribution is 5.70. The average molecular weight is 189 g/mol. The number of esters is 1. The molecule has 0 aromatic rings. The lowest BCUT2D eigenvalue weighted by atomic mass is 9.94. The third-order valence-electron chi connectivity index (χ3n) is 2.22. The van der Waals surface area contributed by atoms with E-state index in [1.54, 1.807) is 7.11 Å². The summed E-state index contributed by atoms with van der Waals surface area (Å²) in [5, 5.41) is 3.10. The molecule has 1 unspecified atom stereocenters. The van der Waals surface area contributed by atoms with Gasteiger partial charge in [0.25, 0.3) is 0 Å². The van der Waals surface area contributed by atoms with Crippen molar-refractivity contribution >= 4 is 5.97 Å². The molecular weight excluding hydrogens is 170 g/mol. The Hall–Kier alpha value is -0.610. The summed E-state index contributed by atoms with van der Waals surface area (Å²) in [5.74, 6) is -0.201. The summed E-state index contributed by atoms with van der Waals surface area (Å²) >= 11 is 0. The van der Waals surface area contributed by atoms with Gasteiger partial charge in [0.05, 0.1) is 13.5 Å². The molecule has 0 saturated heterocycles. The Bertz CT molecular complexity index is 161. The molecule has 0 aliphatic heterocycles. The van der Waals surface area contributed by atoms with E-state index in [9.17, 15) is 4.79 Å². The van der Waals surface area contributed by atoms with Crippen molar-refractivity contribution in [2.45, 2.75) is 25.3 Å². The Labute approximate surface area is 79.6 Å². The molecule has 0 aromatic heterocycles. The second-order valence-corrected chi connectivity index (χ2v) is 3.31. The number of rotatable bonds is 6. The van der Waals surface area contributed by atoms with Crippen LogP contribution in [0.15, 0.2) is 0 Å². The van der Waals surface area contributed by atoms with Crippen LogP contribution in [0.5, 0.6) is 0 Å². The van der Waals surface area contributed by atoms with E-state index in [0.717, 1.165) is 6.42 Å². The van der Waals surface area contributed by atoms with Gasteiger partial charge in [-0.25, -0.2) is 0 Å². The second-order valence-electron chi connectivity index (χ2n) is 3.31. The first kappa shape index (κ1) is 12.4. The Kier molecular flexibility index (Phi) is 5.66. The zero-order valence-corrected chi connectivity index (χ0v) is 8.85. The molecule has 0 rings (SSSR count). The Balaban J connectivity index is 4.02. The Morgan fingerprint density at radius 3 is 2.46 bits per heavy atom. The van der Waals surface area contributed by atoms with Gasteiger partial charge in [-0.3, -0.25) is 4.79 Å². The molecule has 0 aromatic carbocycles. The van der Waals surface area contributed by atoms with Gasteiger partial charge >= 0.3 is 5.97 Å². The van der Waals surface area contributed by atoms with Gasteiger partial charge in [-0.2, -0.15) is 0 Å². The molecule has 0 heterocycles. The molecular formula is C9H19NO3. The highest BCUT2D eigenvalue weighted by atomic mass is 16.5. The molecule has 1 N–H and O–H groups in total. The van der Waals surface area contributed by atoms with Gasteiger partial charge in [-0.1, -0.05) is 0 Å². The maximum atomic E-state index is 11.0. The number of carbonyl (C=O) groups excluding carboxylic acids is 1. The number of ether oxygens (including phenoxy) is 2. The average Bonchev–Trinajstić information content (AvgIpc) is 2.14. The fraction of sp³-hybridized carbons (Fsp3) is 0.889. The Morgan fingerprint density at radius 2 is 2.08 bits per heavy atom. The lowest BCUT2D eigenvalue weighted by Gasteiger charge is -2.27. The first-order valence-electron chi connectivity index (χ1n) is 4.32. The van der Waals surface area contributed by atoms with E-state index >= 15 is 0 Å². The van der Waals surface area contributed by atoms with Crippen LogP contribution in [-0.2, 0) is 14.3 Å². The third-order valence-corrected chi connectivity index (χ3v) is 2.22. The number of hydrogen-bond donors (Lipinski definition) is 1. The topological polar surface area (TPSA) is 47.6 Å². The van der Waals surface area contributed by atoms with Crippen molar-refractivity contribution in [1.29, 1.82) is 0 Å². The van der Waals surface area contributed by atoms with Crippen LogP contribution in [-0.4, -0.2) is 39.4 Å². The summed E-state index contributed by atoms with van der Waals surface area (Å²) in [6, 6.07) is 0. The molecule has 4 heteroatoms. The molecule has 0 aliphatic carbocycles. The first-order chi connectivity index (χ1) is 6.08.